The number of carbonyl (C=O) groups excluding carboxylic acids is 3. The Morgan fingerprint density at radius 3 is 2.48 bits per heavy atom. The molecule has 7 nitrogen and oxygen atoms in total. The van der Waals surface area contributed by atoms with Gasteiger partial charge in [-0.2, -0.15) is 9.37 Å². The highest BCUT2D eigenvalue weighted by Crippen LogP contribution is 2.33. The molecule has 0 fully saturated rings. The van der Waals surface area contributed by atoms with Crippen molar-refractivity contribution in [2.75, 3.05) is 11.4 Å². The number of fused-ring (bicyclic) bond motifs is 3. The lowest BCUT2D eigenvalue weighted by atomic mass is 10.0. The Labute approximate surface area is 142 Å². The van der Waals surface area contributed by atoms with Gasteiger partial charge >= 0.3 is 11.9 Å². The minimum absolute atomic E-state index is 0.334. The number of nitrogens with zero attached hydrogens (tertiary/aromatic N) is 2. The molecule has 2 N–H and O–H groups in total. The Hall–Kier alpha value is -3.48. The molecule has 0 saturated heterocycles. The summed E-state index contributed by atoms with van der Waals surface area (Å²) in [6.45, 7) is -0.334. The summed E-state index contributed by atoms with van der Waals surface area (Å²) in [7, 11) is 0. The number of hydrogen-bond donors (Lipinski definition) is 1. The fraction of sp³-hybridized carbons (Fsp3) is 0.111. The predicted molar refractivity (Wildman–Crippen MR) is 88.6 cm³/mol. The summed E-state index contributed by atoms with van der Waals surface area (Å²) in [5.41, 5.74) is 6.70. The Bertz CT molecular complexity index is 936. The number of carbonyl (C=O) groups is 3. The average molecular weight is 336 g/mol. The van der Waals surface area contributed by atoms with Crippen molar-refractivity contribution in [3.8, 4) is 5.75 Å². The lowest BCUT2D eigenvalue weighted by Gasteiger charge is -2.23. The van der Waals surface area contributed by atoms with Gasteiger partial charge in [-0.25, -0.2) is 4.79 Å². The van der Waals surface area contributed by atoms with Crippen LogP contribution >= 0.6 is 0 Å². The van der Waals surface area contributed by atoms with Crippen LogP contribution in [-0.4, -0.2) is 40.8 Å². The maximum Gasteiger partial charge on any atom is 0.506 e. The van der Waals surface area contributed by atoms with Crippen LogP contribution in [0.3, 0.4) is 0 Å². The number of amides is 4. The van der Waals surface area contributed by atoms with Crippen LogP contribution in [0.25, 0.3) is 0 Å². The van der Waals surface area contributed by atoms with Crippen molar-refractivity contribution < 1.29 is 23.7 Å². The molecule has 1 atom stereocenters. The molecule has 4 rings (SSSR count). The zero-order valence-corrected chi connectivity index (χ0v) is 13.1. The van der Waals surface area contributed by atoms with E-state index in [2.05, 4.69) is 0 Å². The van der Waals surface area contributed by atoms with E-state index >= 15 is 0 Å². The van der Waals surface area contributed by atoms with Crippen LogP contribution in [0.1, 0.15) is 5.56 Å². The second-order valence-electron chi connectivity index (χ2n) is 5.72. The number of ether oxygens (including phenoxy) is 1. The van der Waals surface area contributed by atoms with Crippen LogP contribution in [0, 0.1) is 0 Å². The molecule has 0 saturated carbocycles. The number of imide groups is 1. The molecule has 25 heavy (non-hydrogen) atoms. The summed E-state index contributed by atoms with van der Waals surface area (Å²) in [5, 5.41) is 0. The van der Waals surface area contributed by atoms with Crippen molar-refractivity contribution in [3.63, 3.8) is 0 Å². The highest BCUT2D eigenvalue weighted by atomic mass is 16.5. The number of para-hydroxylation sites is 2. The molecule has 2 aromatic carbocycles. The minimum atomic E-state index is -0.991. The molecule has 7 heteroatoms. The van der Waals surface area contributed by atoms with Crippen LogP contribution < -0.4 is 15.4 Å². The van der Waals surface area contributed by atoms with E-state index in [1.54, 1.807) is 54.6 Å². The molecule has 4 amide bonds. The van der Waals surface area contributed by atoms with Crippen molar-refractivity contribution in [2.45, 2.75) is 6.10 Å². The fourth-order valence-corrected chi connectivity index (χ4v) is 3.12. The Balaban J connectivity index is 1.91. The van der Waals surface area contributed by atoms with Gasteiger partial charge in [-0.05, 0) is 24.3 Å². The lowest BCUT2D eigenvalue weighted by Crippen LogP contribution is -2.59. The number of benzene rings is 2. The molecule has 2 aliphatic rings. The monoisotopic (exact) mass is 336 g/mol. The second kappa shape index (κ2) is 5.55. The topological polar surface area (TPSA) is 92.7 Å². The first kappa shape index (κ1) is 15.1. The Morgan fingerprint density at radius 2 is 1.76 bits per heavy atom. The van der Waals surface area contributed by atoms with Gasteiger partial charge in [-0.1, -0.05) is 30.3 Å². The largest absolute Gasteiger partial charge is 0.506 e. The standard InChI is InChI=1S/C18H13N3O4/c19-14(22)10-20-15-12-8-4-5-9-13(12)25-16(15)17(23)21(18(20)24)11-6-2-1-3-7-11/h1-9,16H,10H2,(H-,19,22)/p+1. The molecule has 2 heterocycles. The van der Waals surface area contributed by atoms with Crippen LogP contribution in [0.2, 0.25) is 0 Å². The number of hydrogen-bond acceptors (Lipinski definition) is 4. The van der Waals surface area contributed by atoms with Crippen molar-refractivity contribution in [1.29, 1.82) is 0 Å². The minimum Gasteiger partial charge on any atom is -0.469 e. The molecule has 0 radical (unpaired) electrons. The number of nitrogens with two attached hydrogens (primary N) is 1. The summed E-state index contributed by atoms with van der Waals surface area (Å²) in [6, 6.07) is 14.9. The van der Waals surface area contributed by atoms with Gasteiger partial charge in [0.15, 0.2) is 12.3 Å². The van der Waals surface area contributed by atoms with Crippen molar-refractivity contribution in [3.05, 3.63) is 60.2 Å². The number of anilines is 1. The van der Waals surface area contributed by atoms with Crippen molar-refractivity contribution >= 4 is 29.2 Å². The molecule has 1 unspecified atom stereocenters. The number of primary amides is 1. The first-order valence-electron chi connectivity index (χ1n) is 7.69. The van der Waals surface area contributed by atoms with Gasteiger partial charge in [-0.15, -0.1) is 4.90 Å². The third kappa shape index (κ3) is 2.28. The molecular formula is C18H14N3O4+. The summed E-state index contributed by atoms with van der Waals surface area (Å²) >= 11 is 0. The SMILES string of the molecule is NC(=O)C[N+]1=C2c3ccccc3OC2C(=O)N(c2ccccc2)C1=O. The van der Waals surface area contributed by atoms with E-state index in [4.69, 9.17) is 10.5 Å². The number of rotatable bonds is 3. The zero-order chi connectivity index (χ0) is 17.6. The van der Waals surface area contributed by atoms with Crippen LogP contribution in [0.15, 0.2) is 54.6 Å². The van der Waals surface area contributed by atoms with Crippen molar-refractivity contribution in [2.24, 2.45) is 5.73 Å². The summed E-state index contributed by atoms with van der Waals surface area (Å²) < 4.78 is 6.98. The first-order valence-corrected chi connectivity index (χ1v) is 7.69. The summed E-state index contributed by atoms with van der Waals surface area (Å²) in [4.78, 5) is 38.4. The molecule has 2 aliphatic heterocycles. The van der Waals surface area contributed by atoms with Gasteiger partial charge in [-0.3, -0.25) is 4.79 Å². The average Bonchev–Trinajstić information content (AvgIpc) is 2.99. The predicted octanol–water partition coefficient (Wildman–Crippen LogP) is 0.901. The first-order chi connectivity index (χ1) is 12.1. The van der Waals surface area contributed by atoms with Gasteiger partial charge in [0.2, 0.25) is 0 Å². The summed E-state index contributed by atoms with van der Waals surface area (Å²) in [6.07, 6.45) is -0.991. The normalized spacial score (nSPS) is 18.7. The molecule has 2 aromatic rings. The third-order valence-electron chi connectivity index (χ3n) is 4.14. The van der Waals surface area contributed by atoms with Crippen LogP contribution in [0.5, 0.6) is 5.75 Å². The van der Waals surface area contributed by atoms with Gasteiger partial charge in [0.1, 0.15) is 11.4 Å². The third-order valence-corrected chi connectivity index (χ3v) is 4.14. The van der Waals surface area contributed by atoms with Gasteiger partial charge in [0, 0.05) is 0 Å². The Kier molecular flexibility index (Phi) is 3.35. The Morgan fingerprint density at radius 1 is 1.08 bits per heavy atom. The molecule has 124 valence electrons. The molecule has 0 aromatic heterocycles. The van der Waals surface area contributed by atoms with E-state index in [1.807, 2.05) is 0 Å². The van der Waals surface area contributed by atoms with Gasteiger partial charge in [0.05, 0.1) is 5.56 Å². The lowest BCUT2D eigenvalue weighted by molar-refractivity contribution is -0.417. The van der Waals surface area contributed by atoms with E-state index in [-0.39, 0.29) is 6.54 Å². The highest BCUT2D eigenvalue weighted by molar-refractivity contribution is 6.29. The van der Waals surface area contributed by atoms with E-state index in [1.165, 1.54) is 4.58 Å². The highest BCUT2D eigenvalue weighted by Gasteiger charge is 2.54. The molecule has 0 bridgehead atoms. The second-order valence-corrected chi connectivity index (χ2v) is 5.72. The van der Waals surface area contributed by atoms with E-state index in [9.17, 15) is 14.4 Å². The van der Waals surface area contributed by atoms with E-state index in [0.717, 1.165) is 4.90 Å². The van der Waals surface area contributed by atoms with E-state index < -0.39 is 23.9 Å². The van der Waals surface area contributed by atoms with Crippen LogP contribution in [-0.2, 0) is 9.59 Å². The van der Waals surface area contributed by atoms with Gasteiger partial charge in [0.25, 0.3) is 12.0 Å². The van der Waals surface area contributed by atoms with Gasteiger partial charge < -0.3 is 10.5 Å². The maximum absolute atomic E-state index is 13.0. The van der Waals surface area contributed by atoms with Crippen LogP contribution in [0.4, 0.5) is 10.5 Å². The molecule has 0 aliphatic carbocycles. The number of urea groups is 1. The smallest absolute Gasteiger partial charge is 0.469 e. The maximum atomic E-state index is 13.0. The molecular weight excluding hydrogens is 322 g/mol. The van der Waals surface area contributed by atoms with Crippen molar-refractivity contribution in [1.82, 2.24) is 0 Å². The fourth-order valence-electron chi connectivity index (χ4n) is 3.12. The summed E-state index contributed by atoms with van der Waals surface area (Å²) in [5.74, 6) is -0.678. The zero-order valence-electron chi connectivity index (χ0n) is 13.1. The molecule has 0 spiro atoms. The van der Waals surface area contributed by atoms with E-state index in [0.29, 0.717) is 22.7 Å². The quantitative estimate of drug-likeness (QED) is 0.843.